The highest BCUT2D eigenvalue weighted by Crippen LogP contribution is 2.35. The van der Waals surface area contributed by atoms with Crippen LogP contribution in [-0.2, 0) is 0 Å². The third kappa shape index (κ3) is 2.88. The van der Waals surface area contributed by atoms with Crippen LogP contribution in [0, 0.1) is 5.41 Å². The first-order valence-electron chi connectivity index (χ1n) is 6.36. The van der Waals surface area contributed by atoms with Crippen molar-refractivity contribution in [3.63, 3.8) is 0 Å². The van der Waals surface area contributed by atoms with Crippen molar-refractivity contribution < 1.29 is 4.42 Å². The largest absolute Gasteiger partial charge is 0.468 e. The van der Waals surface area contributed by atoms with Crippen LogP contribution in [0.5, 0.6) is 0 Å². The summed E-state index contributed by atoms with van der Waals surface area (Å²) in [5.74, 6) is 1.04. The van der Waals surface area contributed by atoms with E-state index in [0.29, 0.717) is 17.5 Å². The summed E-state index contributed by atoms with van der Waals surface area (Å²) in [6.07, 6.45) is 7.03. The smallest absolute Gasteiger partial charge is 0.120 e. The zero-order valence-corrected chi connectivity index (χ0v) is 10.6. The van der Waals surface area contributed by atoms with E-state index in [9.17, 15) is 0 Å². The van der Waals surface area contributed by atoms with Crippen molar-refractivity contribution in [3.8, 4) is 0 Å². The number of hydrogen-bond acceptors (Lipinski definition) is 2. The average molecular weight is 221 g/mol. The van der Waals surface area contributed by atoms with E-state index in [4.69, 9.17) is 4.42 Å². The second-order valence-corrected chi connectivity index (χ2v) is 5.86. The Kier molecular flexibility index (Phi) is 3.38. The minimum Gasteiger partial charge on any atom is -0.468 e. The summed E-state index contributed by atoms with van der Waals surface area (Å²) in [6.45, 7) is 6.93. The summed E-state index contributed by atoms with van der Waals surface area (Å²) in [5, 5.41) is 3.68. The molecular formula is C14H23NO. The fraction of sp³-hybridized carbons (Fsp3) is 0.714. The summed E-state index contributed by atoms with van der Waals surface area (Å²) in [7, 11) is 0. The Morgan fingerprint density at radius 2 is 2.31 bits per heavy atom. The molecular weight excluding hydrogens is 198 g/mol. The minimum absolute atomic E-state index is 0.328. The molecule has 1 aromatic heterocycles. The van der Waals surface area contributed by atoms with Gasteiger partial charge in [0, 0.05) is 6.04 Å². The van der Waals surface area contributed by atoms with E-state index in [1.165, 1.54) is 25.7 Å². The van der Waals surface area contributed by atoms with Crippen molar-refractivity contribution in [1.82, 2.24) is 5.32 Å². The summed E-state index contributed by atoms with van der Waals surface area (Å²) in [5.41, 5.74) is 0.499. The second kappa shape index (κ2) is 4.62. The highest BCUT2D eigenvalue weighted by molar-refractivity contribution is 5.03. The van der Waals surface area contributed by atoms with E-state index in [1.807, 2.05) is 12.1 Å². The van der Waals surface area contributed by atoms with Crippen LogP contribution in [0.4, 0.5) is 0 Å². The fourth-order valence-electron chi connectivity index (χ4n) is 2.81. The van der Waals surface area contributed by atoms with Crippen molar-refractivity contribution in [3.05, 3.63) is 24.2 Å². The average Bonchev–Trinajstić information content (AvgIpc) is 2.68. The molecule has 16 heavy (non-hydrogen) atoms. The molecule has 0 saturated heterocycles. The van der Waals surface area contributed by atoms with E-state index in [0.717, 1.165) is 5.76 Å². The van der Waals surface area contributed by atoms with E-state index in [-0.39, 0.29) is 0 Å². The molecule has 2 rings (SSSR count). The number of rotatable bonds is 3. The van der Waals surface area contributed by atoms with Crippen LogP contribution in [0.1, 0.15) is 58.3 Å². The van der Waals surface area contributed by atoms with E-state index < -0.39 is 0 Å². The summed E-state index contributed by atoms with van der Waals surface area (Å²) >= 11 is 0. The summed E-state index contributed by atoms with van der Waals surface area (Å²) < 4.78 is 5.43. The number of furan rings is 1. The zero-order valence-electron chi connectivity index (χ0n) is 10.6. The van der Waals surface area contributed by atoms with Gasteiger partial charge in [0.05, 0.1) is 12.3 Å². The van der Waals surface area contributed by atoms with Crippen LogP contribution in [0.15, 0.2) is 22.8 Å². The normalized spacial score (nSPS) is 26.6. The molecule has 90 valence electrons. The summed E-state index contributed by atoms with van der Waals surface area (Å²) in [4.78, 5) is 0. The Morgan fingerprint density at radius 1 is 1.50 bits per heavy atom. The van der Waals surface area contributed by atoms with Gasteiger partial charge in [0.25, 0.3) is 0 Å². The van der Waals surface area contributed by atoms with Crippen LogP contribution in [0.2, 0.25) is 0 Å². The van der Waals surface area contributed by atoms with Gasteiger partial charge in [-0.3, -0.25) is 0 Å². The monoisotopic (exact) mass is 221 g/mol. The first-order valence-corrected chi connectivity index (χ1v) is 6.36. The third-order valence-electron chi connectivity index (χ3n) is 3.66. The van der Waals surface area contributed by atoms with Crippen molar-refractivity contribution in [2.24, 2.45) is 5.41 Å². The van der Waals surface area contributed by atoms with Gasteiger partial charge in [-0.25, -0.2) is 0 Å². The fourth-order valence-corrected chi connectivity index (χ4v) is 2.81. The molecule has 1 aliphatic carbocycles. The number of nitrogens with one attached hydrogen (secondary N) is 1. The van der Waals surface area contributed by atoms with Crippen LogP contribution < -0.4 is 5.32 Å². The predicted molar refractivity (Wildman–Crippen MR) is 66.3 cm³/mol. The van der Waals surface area contributed by atoms with Gasteiger partial charge in [-0.1, -0.05) is 20.3 Å². The first kappa shape index (κ1) is 11.7. The molecule has 0 radical (unpaired) electrons. The molecule has 0 bridgehead atoms. The standard InChI is InChI=1S/C14H23NO/c1-11(13-7-5-9-16-13)15-12-6-4-8-14(2,3)10-12/h5,7,9,11-12,15H,4,6,8,10H2,1-3H3/t11-,12?/m1/s1. The van der Waals surface area contributed by atoms with Crippen LogP contribution in [-0.4, -0.2) is 6.04 Å². The molecule has 1 aromatic rings. The van der Waals surface area contributed by atoms with Crippen molar-refractivity contribution in [1.29, 1.82) is 0 Å². The van der Waals surface area contributed by atoms with E-state index in [1.54, 1.807) is 6.26 Å². The van der Waals surface area contributed by atoms with Crippen molar-refractivity contribution in [2.75, 3.05) is 0 Å². The highest BCUT2D eigenvalue weighted by Gasteiger charge is 2.28. The molecule has 0 amide bonds. The first-order chi connectivity index (χ1) is 7.57. The maximum absolute atomic E-state index is 5.43. The molecule has 1 heterocycles. The molecule has 1 unspecified atom stereocenters. The minimum atomic E-state index is 0.328. The van der Waals surface area contributed by atoms with Gasteiger partial charge in [-0.2, -0.15) is 0 Å². The maximum Gasteiger partial charge on any atom is 0.120 e. The molecule has 1 saturated carbocycles. The molecule has 2 atom stereocenters. The van der Waals surface area contributed by atoms with Gasteiger partial charge in [0.1, 0.15) is 5.76 Å². The number of hydrogen-bond donors (Lipinski definition) is 1. The SMILES string of the molecule is C[C@@H](NC1CCCC(C)(C)C1)c1ccco1. The van der Waals surface area contributed by atoms with Crippen LogP contribution in [0.25, 0.3) is 0 Å². The lowest BCUT2D eigenvalue weighted by atomic mass is 9.75. The Balaban J connectivity index is 1.90. The zero-order chi connectivity index (χ0) is 11.6. The molecule has 2 heteroatoms. The quantitative estimate of drug-likeness (QED) is 0.837. The predicted octanol–water partition coefficient (Wildman–Crippen LogP) is 3.90. The Hall–Kier alpha value is -0.760. The van der Waals surface area contributed by atoms with Gasteiger partial charge in [-0.05, 0) is 43.7 Å². The maximum atomic E-state index is 5.43. The molecule has 0 aliphatic heterocycles. The molecule has 0 aromatic carbocycles. The summed E-state index contributed by atoms with van der Waals surface area (Å²) in [6, 6.07) is 4.97. The lowest BCUT2D eigenvalue weighted by Gasteiger charge is -2.36. The third-order valence-corrected chi connectivity index (χ3v) is 3.66. The van der Waals surface area contributed by atoms with E-state index >= 15 is 0 Å². The molecule has 0 spiro atoms. The van der Waals surface area contributed by atoms with Crippen LogP contribution >= 0.6 is 0 Å². The van der Waals surface area contributed by atoms with Gasteiger partial charge < -0.3 is 9.73 Å². The van der Waals surface area contributed by atoms with Crippen molar-refractivity contribution >= 4 is 0 Å². The Labute approximate surface area is 98.4 Å². The Bertz CT molecular complexity index is 315. The molecule has 2 nitrogen and oxygen atoms in total. The van der Waals surface area contributed by atoms with E-state index in [2.05, 4.69) is 26.1 Å². The van der Waals surface area contributed by atoms with Crippen LogP contribution in [0.3, 0.4) is 0 Å². The van der Waals surface area contributed by atoms with Gasteiger partial charge in [-0.15, -0.1) is 0 Å². The van der Waals surface area contributed by atoms with Gasteiger partial charge >= 0.3 is 0 Å². The second-order valence-electron chi connectivity index (χ2n) is 5.86. The molecule has 1 fully saturated rings. The van der Waals surface area contributed by atoms with Gasteiger partial charge in [0.2, 0.25) is 0 Å². The molecule has 1 N–H and O–H groups in total. The molecule has 1 aliphatic rings. The Morgan fingerprint density at radius 3 is 2.94 bits per heavy atom. The topological polar surface area (TPSA) is 25.2 Å². The lowest BCUT2D eigenvalue weighted by molar-refractivity contribution is 0.187. The lowest BCUT2D eigenvalue weighted by Crippen LogP contribution is -2.38. The van der Waals surface area contributed by atoms with Crippen molar-refractivity contribution in [2.45, 2.75) is 58.5 Å². The highest BCUT2D eigenvalue weighted by atomic mass is 16.3. The van der Waals surface area contributed by atoms with Gasteiger partial charge in [0.15, 0.2) is 0 Å².